The van der Waals surface area contributed by atoms with E-state index in [9.17, 15) is 4.79 Å². The van der Waals surface area contributed by atoms with Crippen LogP contribution >= 0.6 is 0 Å². The van der Waals surface area contributed by atoms with Gasteiger partial charge in [-0.15, -0.1) is 0 Å². The van der Waals surface area contributed by atoms with Crippen molar-refractivity contribution in [1.29, 1.82) is 0 Å². The first-order valence-electron chi connectivity index (χ1n) is 8.49. The molecule has 0 unspecified atom stereocenters. The van der Waals surface area contributed by atoms with Crippen LogP contribution in [0, 0.1) is 11.8 Å². The Morgan fingerprint density at radius 2 is 1.96 bits per heavy atom. The third-order valence-corrected chi connectivity index (χ3v) is 5.47. The molecule has 0 bridgehead atoms. The first kappa shape index (κ1) is 14.4. The number of fused-ring (bicyclic) bond motifs is 1. The van der Waals surface area contributed by atoms with Gasteiger partial charge in [0.2, 0.25) is 5.91 Å². The van der Waals surface area contributed by atoms with Crippen molar-refractivity contribution < 1.29 is 4.79 Å². The Morgan fingerprint density at radius 3 is 2.70 bits per heavy atom. The monoisotopic (exact) mass is 310 g/mol. The van der Waals surface area contributed by atoms with E-state index in [1.807, 2.05) is 0 Å². The fraction of sp³-hybridized carbons (Fsp3) is 0.500. The second-order valence-corrected chi connectivity index (χ2v) is 6.73. The molecule has 1 amide bonds. The zero-order valence-corrected chi connectivity index (χ0v) is 13.1. The van der Waals surface area contributed by atoms with Crippen LogP contribution in [0.3, 0.4) is 0 Å². The SMILES string of the molecule is O=C(Cn1cncn1)N[C@H]1[C@H]2CCCC[C@@H]2[C@@H]1c1ccccc1. The number of nitrogens with one attached hydrogen (secondary N) is 1. The molecule has 0 aliphatic heterocycles. The fourth-order valence-electron chi connectivity index (χ4n) is 4.49. The number of nitrogens with zero attached hydrogens (tertiary/aromatic N) is 3. The van der Waals surface area contributed by atoms with Crippen LogP contribution in [-0.4, -0.2) is 26.7 Å². The summed E-state index contributed by atoms with van der Waals surface area (Å²) in [7, 11) is 0. The van der Waals surface area contributed by atoms with E-state index in [1.165, 1.54) is 37.6 Å². The molecule has 4 atom stereocenters. The summed E-state index contributed by atoms with van der Waals surface area (Å²) in [4.78, 5) is 16.3. The van der Waals surface area contributed by atoms with Gasteiger partial charge in [-0.1, -0.05) is 43.2 Å². The summed E-state index contributed by atoms with van der Waals surface area (Å²) in [6.45, 7) is 0.245. The first-order valence-corrected chi connectivity index (χ1v) is 8.49. The van der Waals surface area contributed by atoms with Crippen molar-refractivity contribution in [1.82, 2.24) is 20.1 Å². The van der Waals surface area contributed by atoms with Gasteiger partial charge in [0, 0.05) is 12.0 Å². The molecule has 23 heavy (non-hydrogen) atoms. The van der Waals surface area contributed by atoms with E-state index in [1.54, 1.807) is 11.0 Å². The molecule has 2 aliphatic rings. The average Bonchev–Trinajstić information content (AvgIpc) is 3.07. The van der Waals surface area contributed by atoms with E-state index in [4.69, 9.17) is 0 Å². The molecule has 2 aliphatic carbocycles. The molecule has 2 saturated carbocycles. The fourth-order valence-corrected chi connectivity index (χ4v) is 4.49. The molecule has 2 aromatic rings. The summed E-state index contributed by atoms with van der Waals surface area (Å²) in [5.74, 6) is 1.85. The average molecular weight is 310 g/mol. The highest BCUT2D eigenvalue weighted by molar-refractivity contribution is 5.76. The van der Waals surface area contributed by atoms with Crippen molar-refractivity contribution in [3.63, 3.8) is 0 Å². The number of aromatic nitrogens is 3. The van der Waals surface area contributed by atoms with E-state index in [-0.39, 0.29) is 18.5 Å². The summed E-state index contributed by atoms with van der Waals surface area (Å²) in [6.07, 6.45) is 8.18. The molecule has 5 nitrogen and oxygen atoms in total. The lowest BCUT2D eigenvalue weighted by atomic mass is 9.53. The molecule has 1 aromatic carbocycles. The summed E-state index contributed by atoms with van der Waals surface area (Å²) in [5, 5.41) is 7.29. The molecular formula is C18H22N4O. The van der Waals surface area contributed by atoms with Crippen LogP contribution < -0.4 is 5.32 Å². The number of hydrogen-bond acceptors (Lipinski definition) is 3. The predicted octanol–water partition coefficient (Wildman–Crippen LogP) is 2.37. The molecule has 1 aromatic heterocycles. The van der Waals surface area contributed by atoms with Gasteiger partial charge in [-0.25, -0.2) is 9.67 Å². The van der Waals surface area contributed by atoms with Gasteiger partial charge < -0.3 is 5.32 Å². The van der Waals surface area contributed by atoms with Crippen molar-refractivity contribution >= 4 is 5.91 Å². The number of carbonyl (C=O) groups is 1. The standard InChI is InChI=1S/C18H22N4O/c23-16(10-22-12-19-11-20-22)21-18-15-9-5-4-8-14(15)17(18)13-6-2-1-3-7-13/h1-3,6-7,11-12,14-15,17-18H,4-5,8-10H2,(H,21,23)/t14-,15-,17-,18-/m0/s1. The van der Waals surface area contributed by atoms with E-state index in [2.05, 4.69) is 45.7 Å². The first-order chi connectivity index (χ1) is 11.3. The molecule has 2 fully saturated rings. The van der Waals surface area contributed by atoms with Crippen molar-refractivity contribution in [2.45, 2.75) is 44.2 Å². The highest BCUT2D eigenvalue weighted by Gasteiger charge is 2.51. The van der Waals surface area contributed by atoms with Gasteiger partial charge in [0.1, 0.15) is 19.2 Å². The van der Waals surface area contributed by atoms with Gasteiger partial charge in [-0.05, 0) is 30.2 Å². The minimum absolute atomic E-state index is 0.0328. The lowest BCUT2D eigenvalue weighted by Gasteiger charge is -2.55. The van der Waals surface area contributed by atoms with E-state index in [0.29, 0.717) is 11.8 Å². The number of hydrogen-bond donors (Lipinski definition) is 1. The van der Waals surface area contributed by atoms with Crippen LogP contribution in [0.25, 0.3) is 0 Å². The van der Waals surface area contributed by atoms with Gasteiger partial charge in [0.15, 0.2) is 0 Å². The van der Waals surface area contributed by atoms with Crippen molar-refractivity contribution in [2.24, 2.45) is 11.8 Å². The minimum Gasteiger partial charge on any atom is -0.351 e. The van der Waals surface area contributed by atoms with Crippen LogP contribution in [0.1, 0.15) is 37.2 Å². The maximum atomic E-state index is 12.4. The molecule has 0 saturated heterocycles. The Bertz CT molecular complexity index is 655. The van der Waals surface area contributed by atoms with E-state index < -0.39 is 0 Å². The van der Waals surface area contributed by atoms with Crippen LogP contribution in [0.4, 0.5) is 0 Å². The maximum Gasteiger partial charge on any atom is 0.242 e. The topological polar surface area (TPSA) is 59.8 Å². The van der Waals surface area contributed by atoms with Crippen molar-refractivity contribution in [2.75, 3.05) is 0 Å². The number of amides is 1. The molecule has 4 rings (SSSR count). The summed E-state index contributed by atoms with van der Waals surface area (Å²) in [5.41, 5.74) is 1.36. The third kappa shape index (κ3) is 2.76. The van der Waals surface area contributed by atoms with Gasteiger partial charge in [0.05, 0.1) is 0 Å². The zero-order valence-electron chi connectivity index (χ0n) is 13.1. The quantitative estimate of drug-likeness (QED) is 0.943. The number of rotatable bonds is 4. The lowest BCUT2D eigenvalue weighted by Crippen LogP contribution is -2.59. The van der Waals surface area contributed by atoms with Crippen LogP contribution in [-0.2, 0) is 11.3 Å². The zero-order chi connectivity index (χ0) is 15.6. The van der Waals surface area contributed by atoms with E-state index in [0.717, 1.165) is 5.92 Å². The summed E-state index contributed by atoms with van der Waals surface area (Å²) in [6, 6.07) is 10.9. The Labute approximate surface area is 136 Å². The van der Waals surface area contributed by atoms with Crippen LogP contribution in [0.5, 0.6) is 0 Å². The summed E-state index contributed by atoms with van der Waals surface area (Å²) >= 11 is 0. The van der Waals surface area contributed by atoms with Gasteiger partial charge in [-0.2, -0.15) is 5.10 Å². The highest BCUT2D eigenvalue weighted by atomic mass is 16.2. The molecule has 1 heterocycles. The second kappa shape index (κ2) is 6.14. The number of benzene rings is 1. The Kier molecular flexibility index (Phi) is 3.85. The van der Waals surface area contributed by atoms with Gasteiger partial charge in [-0.3, -0.25) is 4.79 Å². The van der Waals surface area contributed by atoms with E-state index >= 15 is 0 Å². The van der Waals surface area contributed by atoms with Crippen molar-refractivity contribution in [3.8, 4) is 0 Å². The molecule has 0 radical (unpaired) electrons. The number of carbonyl (C=O) groups excluding carboxylic acids is 1. The molecule has 120 valence electrons. The minimum atomic E-state index is 0.0328. The largest absolute Gasteiger partial charge is 0.351 e. The predicted molar refractivity (Wildman–Crippen MR) is 86.6 cm³/mol. The molecular weight excluding hydrogens is 288 g/mol. The third-order valence-electron chi connectivity index (χ3n) is 5.47. The Balaban J connectivity index is 1.49. The van der Waals surface area contributed by atoms with Gasteiger partial charge in [0.25, 0.3) is 0 Å². The van der Waals surface area contributed by atoms with Crippen molar-refractivity contribution in [3.05, 3.63) is 48.5 Å². The lowest BCUT2D eigenvalue weighted by molar-refractivity contribution is -0.125. The molecule has 5 heteroatoms. The summed E-state index contributed by atoms with van der Waals surface area (Å²) < 4.78 is 1.57. The van der Waals surface area contributed by atoms with Crippen LogP contribution in [0.15, 0.2) is 43.0 Å². The van der Waals surface area contributed by atoms with Crippen LogP contribution in [0.2, 0.25) is 0 Å². The smallest absolute Gasteiger partial charge is 0.242 e. The maximum absolute atomic E-state index is 12.4. The molecule has 0 spiro atoms. The Morgan fingerprint density at radius 1 is 1.17 bits per heavy atom. The molecule has 1 N–H and O–H groups in total. The van der Waals surface area contributed by atoms with Gasteiger partial charge >= 0.3 is 0 Å². The Hall–Kier alpha value is -2.17. The highest BCUT2D eigenvalue weighted by Crippen LogP contribution is 2.54. The normalized spacial score (nSPS) is 29.4. The second-order valence-electron chi connectivity index (χ2n) is 6.73.